The van der Waals surface area contributed by atoms with Crippen molar-refractivity contribution in [2.45, 2.75) is 23.8 Å². The summed E-state index contributed by atoms with van der Waals surface area (Å²) >= 11 is 11.7. The zero-order valence-electron chi connectivity index (χ0n) is 6.33. The van der Waals surface area contributed by atoms with Gasteiger partial charge < -0.3 is 4.84 Å². The van der Waals surface area contributed by atoms with E-state index >= 15 is 0 Å². The number of alkyl halides is 2. The highest BCUT2D eigenvalue weighted by Gasteiger charge is 2.57. The van der Waals surface area contributed by atoms with Crippen molar-refractivity contribution in [1.82, 2.24) is 0 Å². The van der Waals surface area contributed by atoms with Crippen LogP contribution in [0.2, 0.25) is 0 Å². The Kier molecular flexibility index (Phi) is 1.81. The van der Waals surface area contributed by atoms with Crippen molar-refractivity contribution >= 4 is 34.7 Å². The molecule has 1 aliphatic carbocycles. The van der Waals surface area contributed by atoms with Crippen LogP contribution in [0.4, 0.5) is 0 Å². The average Bonchev–Trinajstić information content (AvgIpc) is 2.43. The molecule has 0 N–H and O–H groups in total. The Labute approximate surface area is 79.6 Å². The minimum absolute atomic E-state index is 0.0864. The molecule has 0 bridgehead atoms. The molecule has 5 heteroatoms. The van der Waals surface area contributed by atoms with E-state index in [0.717, 1.165) is 0 Å². The molecule has 0 aromatic rings. The van der Waals surface area contributed by atoms with E-state index in [1.54, 1.807) is 0 Å². The normalized spacial score (nSPS) is 44.1. The highest BCUT2D eigenvalue weighted by molar-refractivity contribution is 6.44. The van der Waals surface area contributed by atoms with Gasteiger partial charge in [-0.1, -0.05) is 5.16 Å². The quantitative estimate of drug-likeness (QED) is 0.606. The van der Waals surface area contributed by atoms with E-state index in [9.17, 15) is 4.79 Å². The van der Waals surface area contributed by atoms with Crippen LogP contribution in [0.25, 0.3) is 0 Å². The Morgan fingerprint density at radius 3 is 2.75 bits per heavy atom. The predicted octanol–water partition coefficient (Wildman–Crippen LogP) is 1.17. The maximum atomic E-state index is 11.0. The number of Topliss-reactive ketones (excluding diaryl/α,β-unsaturated/α-hetero) is 1. The lowest BCUT2D eigenvalue weighted by Crippen LogP contribution is -2.56. The first-order valence-electron chi connectivity index (χ1n) is 3.65. The van der Waals surface area contributed by atoms with Crippen LogP contribution in [0.5, 0.6) is 0 Å². The van der Waals surface area contributed by atoms with E-state index in [-0.39, 0.29) is 28.6 Å². The third-order valence-electron chi connectivity index (χ3n) is 2.26. The maximum Gasteiger partial charge on any atom is 0.177 e. The van der Waals surface area contributed by atoms with Crippen molar-refractivity contribution < 1.29 is 9.63 Å². The summed E-state index contributed by atoms with van der Waals surface area (Å²) in [7, 11) is 0. The molecule has 0 amide bonds. The fourth-order valence-electron chi connectivity index (χ4n) is 1.52. The van der Waals surface area contributed by atoms with Gasteiger partial charge in [0.15, 0.2) is 11.9 Å². The molecular weight excluding hydrogens is 201 g/mol. The fraction of sp³-hybridized carbons (Fsp3) is 0.714. The molecule has 1 aliphatic heterocycles. The zero-order chi connectivity index (χ0) is 8.88. The molecule has 4 unspecified atom stereocenters. The topological polar surface area (TPSA) is 38.7 Å². The third-order valence-corrected chi connectivity index (χ3v) is 3.46. The Hall–Kier alpha value is -0.280. The van der Waals surface area contributed by atoms with Crippen LogP contribution in [0, 0.1) is 5.92 Å². The lowest BCUT2D eigenvalue weighted by molar-refractivity contribution is -0.111. The van der Waals surface area contributed by atoms with Crippen molar-refractivity contribution in [3.63, 3.8) is 0 Å². The molecule has 0 spiro atoms. The Morgan fingerprint density at radius 2 is 2.17 bits per heavy atom. The maximum absolute atomic E-state index is 11.0. The second-order valence-electron chi connectivity index (χ2n) is 3.02. The van der Waals surface area contributed by atoms with Gasteiger partial charge >= 0.3 is 0 Å². The smallest absolute Gasteiger partial charge is 0.177 e. The SMILES string of the molecule is CC(=O)C1=NOC2C(Cl)C(Cl)C12. The molecule has 3 nitrogen and oxygen atoms in total. The summed E-state index contributed by atoms with van der Waals surface area (Å²) in [5.74, 6) is -0.177. The van der Waals surface area contributed by atoms with Crippen molar-refractivity contribution in [2.75, 3.05) is 0 Å². The first kappa shape index (κ1) is 8.32. The second kappa shape index (κ2) is 2.60. The van der Waals surface area contributed by atoms with Gasteiger partial charge in [0.05, 0.1) is 16.7 Å². The summed E-state index contributed by atoms with van der Waals surface area (Å²) < 4.78 is 0. The zero-order valence-corrected chi connectivity index (χ0v) is 7.84. The van der Waals surface area contributed by atoms with Crippen LogP contribution in [-0.2, 0) is 9.63 Å². The summed E-state index contributed by atoms with van der Waals surface area (Å²) in [6.45, 7) is 1.45. The van der Waals surface area contributed by atoms with Crippen LogP contribution in [-0.4, -0.2) is 28.4 Å². The van der Waals surface area contributed by atoms with Crippen molar-refractivity contribution in [3.8, 4) is 0 Å². The molecule has 12 heavy (non-hydrogen) atoms. The van der Waals surface area contributed by atoms with Crippen LogP contribution in [0.3, 0.4) is 0 Å². The van der Waals surface area contributed by atoms with Gasteiger partial charge in [-0.25, -0.2) is 0 Å². The molecule has 1 saturated carbocycles. The highest BCUT2D eigenvalue weighted by Crippen LogP contribution is 2.44. The molecule has 2 rings (SSSR count). The number of halogens is 2. The minimum Gasteiger partial charge on any atom is -0.390 e. The molecule has 66 valence electrons. The largest absolute Gasteiger partial charge is 0.390 e. The summed E-state index contributed by atoms with van der Waals surface area (Å²) in [4.78, 5) is 15.9. The number of nitrogens with zero attached hydrogens (tertiary/aromatic N) is 1. The molecule has 2 aliphatic rings. The van der Waals surface area contributed by atoms with E-state index < -0.39 is 0 Å². The third kappa shape index (κ3) is 0.896. The molecule has 1 heterocycles. The molecule has 0 aromatic heterocycles. The molecule has 0 saturated heterocycles. The summed E-state index contributed by atoms with van der Waals surface area (Å²) in [5.41, 5.74) is 0.428. The molecule has 1 fully saturated rings. The van der Waals surface area contributed by atoms with E-state index in [1.807, 2.05) is 0 Å². The minimum atomic E-state index is -0.225. The number of hydrogen-bond donors (Lipinski definition) is 0. The lowest BCUT2D eigenvalue weighted by Gasteiger charge is -2.38. The standard InChI is InChI=1S/C7H7Cl2NO2/c1-2(11)6-3-4(8)5(9)7(3)12-10-6/h3-5,7H,1H3. The number of carbonyl (C=O) groups is 1. The fourth-order valence-corrected chi connectivity index (χ4v) is 2.29. The molecule has 0 aromatic carbocycles. The van der Waals surface area contributed by atoms with Crippen LogP contribution < -0.4 is 0 Å². The first-order chi connectivity index (χ1) is 5.63. The average molecular weight is 208 g/mol. The monoisotopic (exact) mass is 207 g/mol. The number of rotatable bonds is 1. The number of hydrogen-bond acceptors (Lipinski definition) is 3. The first-order valence-corrected chi connectivity index (χ1v) is 4.53. The molecule has 0 radical (unpaired) electrons. The van der Waals surface area contributed by atoms with Gasteiger partial charge in [-0.3, -0.25) is 4.79 Å². The van der Waals surface area contributed by atoms with Crippen LogP contribution in [0.15, 0.2) is 5.16 Å². The Morgan fingerprint density at radius 1 is 1.50 bits per heavy atom. The Bertz CT molecular complexity index is 266. The molecule has 4 atom stereocenters. The van der Waals surface area contributed by atoms with Gasteiger partial charge in [-0.2, -0.15) is 0 Å². The predicted molar refractivity (Wildman–Crippen MR) is 45.8 cm³/mol. The summed E-state index contributed by atoms with van der Waals surface area (Å²) in [5, 5.41) is 3.21. The molecular formula is C7H7Cl2NO2. The van der Waals surface area contributed by atoms with E-state index in [2.05, 4.69) is 5.16 Å². The number of ketones is 1. The number of carbonyl (C=O) groups excluding carboxylic acids is 1. The van der Waals surface area contributed by atoms with Gasteiger partial charge in [0.25, 0.3) is 0 Å². The van der Waals surface area contributed by atoms with Crippen LogP contribution in [0.1, 0.15) is 6.92 Å². The van der Waals surface area contributed by atoms with Gasteiger partial charge in [-0.05, 0) is 0 Å². The second-order valence-corrected chi connectivity index (χ2v) is 4.03. The van der Waals surface area contributed by atoms with Gasteiger partial charge in [0.2, 0.25) is 0 Å². The van der Waals surface area contributed by atoms with E-state index in [0.29, 0.717) is 5.71 Å². The lowest BCUT2D eigenvalue weighted by atomic mass is 9.77. The number of oxime groups is 1. The number of fused-ring (bicyclic) bond motifs is 1. The summed E-state index contributed by atoms with van der Waals surface area (Å²) in [6.07, 6.45) is -0.187. The Balaban J connectivity index is 2.18. The van der Waals surface area contributed by atoms with Crippen molar-refractivity contribution in [1.29, 1.82) is 0 Å². The van der Waals surface area contributed by atoms with Gasteiger partial charge in [-0.15, -0.1) is 23.2 Å². The highest BCUT2D eigenvalue weighted by atomic mass is 35.5. The van der Waals surface area contributed by atoms with Crippen molar-refractivity contribution in [3.05, 3.63) is 0 Å². The van der Waals surface area contributed by atoms with E-state index in [1.165, 1.54) is 6.92 Å². The van der Waals surface area contributed by atoms with Gasteiger partial charge in [0, 0.05) is 6.92 Å². The van der Waals surface area contributed by atoms with Gasteiger partial charge in [0.1, 0.15) is 5.71 Å². The van der Waals surface area contributed by atoms with E-state index in [4.69, 9.17) is 28.0 Å². The summed E-state index contributed by atoms with van der Waals surface area (Å²) in [6, 6.07) is 0. The van der Waals surface area contributed by atoms with Crippen molar-refractivity contribution in [2.24, 2.45) is 11.1 Å². The van der Waals surface area contributed by atoms with Crippen LogP contribution >= 0.6 is 23.2 Å².